The summed E-state index contributed by atoms with van der Waals surface area (Å²) in [7, 11) is -3.75. The lowest BCUT2D eigenvalue weighted by atomic mass is 9.89. The van der Waals surface area contributed by atoms with Gasteiger partial charge in [-0.15, -0.1) is 0 Å². The zero-order valence-corrected chi connectivity index (χ0v) is 26.4. The van der Waals surface area contributed by atoms with Crippen molar-refractivity contribution in [2.45, 2.75) is 76.8 Å². The molecule has 2 aliphatic rings. The van der Waals surface area contributed by atoms with Crippen molar-refractivity contribution in [2.75, 3.05) is 39.4 Å². The maximum atomic E-state index is 13.5. The van der Waals surface area contributed by atoms with E-state index in [2.05, 4.69) is 19.5 Å². The fraction of sp³-hybridized carbons (Fsp3) is 0.545. The normalized spacial score (nSPS) is 17.5. The second-order valence-electron chi connectivity index (χ2n) is 12.9. The molecule has 2 fully saturated rings. The van der Waals surface area contributed by atoms with Crippen LogP contribution in [0.25, 0.3) is 22.0 Å². The molecule has 9 heteroatoms. The summed E-state index contributed by atoms with van der Waals surface area (Å²) in [4.78, 5) is 16.1. The number of morpholine rings is 1. The molecule has 1 aliphatic carbocycles. The standard InChI is InChI=1S/C33H46N4O4S/c1-24-29(32(38)34-16-17-36-18-20-41-21-19-36)22-30(37(24)23-25-10-6-5-7-11-25)27-14-15-31(28-13-9-8-12-26(27)28)42(39,40)35-33(2,3)4/h8-9,12-15,22,25,35H,5-7,10-11,16-21,23H2,1-4H3,(H,34,38). The zero-order chi connectivity index (χ0) is 29.9. The average Bonchev–Trinajstić information content (AvgIpc) is 3.27. The van der Waals surface area contributed by atoms with Gasteiger partial charge < -0.3 is 14.6 Å². The minimum absolute atomic E-state index is 0.0673. The van der Waals surface area contributed by atoms with Crippen LogP contribution in [0.3, 0.4) is 0 Å². The molecule has 1 aromatic heterocycles. The van der Waals surface area contributed by atoms with E-state index in [9.17, 15) is 13.2 Å². The Bertz CT molecular complexity index is 1510. The number of benzene rings is 2. The smallest absolute Gasteiger partial charge is 0.253 e. The van der Waals surface area contributed by atoms with Crippen LogP contribution in [0.4, 0.5) is 0 Å². The highest BCUT2D eigenvalue weighted by atomic mass is 32.2. The molecule has 2 aromatic carbocycles. The van der Waals surface area contributed by atoms with Gasteiger partial charge in [0.15, 0.2) is 0 Å². The Hall–Kier alpha value is -2.72. The fourth-order valence-corrected chi connectivity index (χ4v) is 8.03. The van der Waals surface area contributed by atoms with Gasteiger partial charge in [-0.05, 0) is 64.0 Å². The number of nitrogens with one attached hydrogen (secondary N) is 2. The summed E-state index contributed by atoms with van der Waals surface area (Å²) in [6, 6.07) is 13.3. The van der Waals surface area contributed by atoms with E-state index in [1.807, 2.05) is 64.1 Å². The molecule has 5 rings (SSSR count). The Morgan fingerprint density at radius 1 is 1.00 bits per heavy atom. The predicted octanol–water partition coefficient (Wildman–Crippen LogP) is 5.34. The first kappa shape index (κ1) is 30.7. The average molecular weight is 595 g/mol. The number of carbonyl (C=O) groups is 1. The summed E-state index contributed by atoms with van der Waals surface area (Å²) in [6.07, 6.45) is 6.15. The van der Waals surface area contributed by atoms with E-state index in [-0.39, 0.29) is 10.8 Å². The summed E-state index contributed by atoms with van der Waals surface area (Å²) < 4.78 is 37.4. The molecule has 228 valence electrons. The van der Waals surface area contributed by atoms with Crippen molar-refractivity contribution in [1.82, 2.24) is 19.5 Å². The number of nitrogens with zero attached hydrogens (tertiary/aromatic N) is 2. The van der Waals surface area contributed by atoms with E-state index >= 15 is 0 Å². The van der Waals surface area contributed by atoms with Crippen LogP contribution in [-0.2, 0) is 21.3 Å². The van der Waals surface area contributed by atoms with Crippen LogP contribution in [0, 0.1) is 12.8 Å². The molecule has 0 unspecified atom stereocenters. The number of sulfonamides is 1. The van der Waals surface area contributed by atoms with Crippen LogP contribution < -0.4 is 10.0 Å². The van der Waals surface area contributed by atoms with Crippen LogP contribution in [0.15, 0.2) is 47.4 Å². The predicted molar refractivity (Wildman–Crippen MR) is 168 cm³/mol. The molecule has 0 bridgehead atoms. The number of rotatable bonds is 9. The van der Waals surface area contributed by atoms with Crippen LogP contribution in [-0.4, -0.2) is 68.7 Å². The first-order chi connectivity index (χ1) is 20.0. The highest BCUT2D eigenvalue weighted by Crippen LogP contribution is 2.37. The van der Waals surface area contributed by atoms with Crippen LogP contribution in [0.5, 0.6) is 0 Å². The van der Waals surface area contributed by atoms with Gasteiger partial charge in [0.2, 0.25) is 10.0 Å². The minimum Gasteiger partial charge on any atom is -0.379 e. The van der Waals surface area contributed by atoms with Gasteiger partial charge in [-0.3, -0.25) is 9.69 Å². The third-order valence-corrected chi connectivity index (χ3v) is 10.3. The quantitative estimate of drug-likeness (QED) is 0.349. The summed E-state index contributed by atoms with van der Waals surface area (Å²) >= 11 is 0. The number of hydrogen-bond acceptors (Lipinski definition) is 5. The lowest BCUT2D eigenvalue weighted by Gasteiger charge is -2.26. The van der Waals surface area contributed by atoms with E-state index in [0.717, 1.165) is 61.7 Å². The van der Waals surface area contributed by atoms with Crippen molar-refractivity contribution in [3.05, 3.63) is 53.7 Å². The van der Waals surface area contributed by atoms with Gasteiger partial charge in [0.05, 0.1) is 23.7 Å². The number of ether oxygens (including phenoxy) is 1. The van der Waals surface area contributed by atoms with Gasteiger partial charge in [0, 0.05) is 60.6 Å². The molecule has 1 saturated heterocycles. The van der Waals surface area contributed by atoms with Crippen molar-refractivity contribution in [3.8, 4) is 11.3 Å². The van der Waals surface area contributed by atoms with Gasteiger partial charge >= 0.3 is 0 Å². The van der Waals surface area contributed by atoms with E-state index in [4.69, 9.17) is 4.74 Å². The molecule has 8 nitrogen and oxygen atoms in total. The number of amides is 1. The molecule has 2 N–H and O–H groups in total. The molecule has 2 heterocycles. The van der Waals surface area contributed by atoms with Crippen LogP contribution >= 0.6 is 0 Å². The van der Waals surface area contributed by atoms with Crippen molar-refractivity contribution in [1.29, 1.82) is 0 Å². The van der Waals surface area contributed by atoms with E-state index < -0.39 is 15.6 Å². The summed E-state index contributed by atoms with van der Waals surface area (Å²) in [5, 5.41) is 4.68. The monoisotopic (exact) mass is 594 g/mol. The largest absolute Gasteiger partial charge is 0.379 e. The minimum atomic E-state index is -3.75. The lowest BCUT2D eigenvalue weighted by Crippen LogP contribution is -2.41. The maximum Gasteiger partial charge on any atom is 0.253 e. The van der Waals surface area contributed by atoms with Gasteiger partial charge in [-0.2, -0.15) is 0 Å². The molecule has 3 aromatic rings. The third kappa shape index (κ3) is 7.08. The lowest BCUT2D eigenvalue weighted by molar-refractivity contribution is 0.0383. The van der Waals surface area contributed by atoms with Crippen molar-refractivity contribution in [2.24, 2.45) is 5.92 Å². The Kier molecular flexibility index (Phi) is 9.42. The molecule has 1 aliphatic heterocycles. The summed E-state index contributed by atoms with van der Waals surface area (Å²) in [5.74, 6) is 0.491. The number of aromatic nitrogens is 1. The molecule has 1 amide bonds. The molecule has 0 spiro atoms. The Morgan fingerprint density at radius 3 is 2.38 bits per heavy atom. The second-order valence-corrected chi connectivity index (χ2v) is 14.5. The van der Waals surface area contributed by atoms with Crippen LogP contribution in [0.2, 0.25) is 0 Å². The molecular formula is C33H46N4O4S. The SMILES string of the molecule is Cc1c(C(=O)NCCN2CCOCC2)cc(-c2ccc(S(=O)(=O)NC(C)(C)C)c3ccccc23)n1CC1CCCCC1. The molecule has 1 saturated carbocycles. The molecular weight excluding hydrogens is 548 g/mol. The molecule has 0 radical (unpaired) electrons. The maximum absolute atomic E-state index is 13.5. The Labute approximate surface area is 250 Å². The van der Waals surface area contributed by atoms with E-state index in [1.165, 1.54) is 32.1 Å². The number of fused-ring (bicyclic) bond motifs is 1. The zero-order valence-electron chi connectivity index (χ0n) is 25.5. The second kappa shape index (κ2) is 12.9. The van der Waals surface area contributed by atoms with Gasteiger partial charge in [-0.1, -0.05) is 49.6 Å². The van der Waals surface area contributed by atoms with Crippen molar-refractivity contribution in [3.63, 3.8) is 0 Å². The van der Waals surface area contributed by atoms with E-state index in [1.54, 1.807) is 6.07 Å². The summed E-state index contributed by atoms with van der Waals surface area (Å²) in [6.45, 7) is 13.0. The third-order valence-electron chi connectivity index (χ3n) is 8.48. The molecule has 42 heavy (non-hydrogen) atoms. The topological polar surface area (TPSA) is 92.7 Å². The Balaban J connectivity index is 1.52. The van der Waals surface area contributed by atoms with Crippen molar-refractivity contribution < 1.29 is 17.9 Å². The molecule has 0 atom stereocenters. The summed E-state index contributed by atoms with van der Waals surface area (Å²) in [5.41, 5.74) is 2.92. The van der Waals surface area contributed by atoms with Crippen molar-refractivity contribution >= 4 is 26.7 Å². The Morgan fingerprint density at radius 2 is 1.69 bits per heavy atom. The number of carbonyl (C=O) groups excluding carboxylic acids is 1. The fourth-order valence-electron chi connectivity index (χ4n) is 6.40. The van der Waals surface area contributed by atoms with Gasteiger partial charge in [-0.25, -0.2) is 13.1 Å². The highest BCUT2D eigenvalue weighted by molar-refractivity contribution is 7.89. The van der Waals surface area contributed by atoms with Crippen LogP contribution in [0.1, 0.15) is 68.9 Å². The first-order valence-corrected chi connectivity index (χ1v) is 16.9. The van der Waals surface area contributed by atoms with Gasteiger partial charge in [0.1, 0.15) is 0 Å². The first-order valence-electron chi connectivity index (χ1n) is 15.4. The van der Waals surface area contributed by atoms with Gasteiger partial charge in [0.25, 0.3) is 5.91 Å². The number of hydrogen-bond donors (Lipinski definition) is 2. The highest BCUT2D eigenvalue weighted by Gasteiger charge is 2.27. The van der Waals surface area contributed by atoms with E-state index in [0.29, 0.717) is 23.4 Å².